The van der Waals surface area contributed by atoms with Gasteiger partial charge in [0.15, 0.2) is 0 Å². The van der Waals surface area contributed by atoms with Gasteiger partial charge in [-0.2, -0.15) is 0 Å². The van der Waals surface area contributed by atoms with Crippen molar-refractivity contribution in [3.05, 3.63) is 53.6 Å². The lowest BCUT2D eigenvalue weighted by Crippen LogP contribution is -2.14. The minimum absolute atomic E-state index is 0.0592. The molecule has 1 amide bonds. The second-order valence-corrected chi connectivity index (χ2v) is 3.86. The molecule has 0 saturated carbocycles. The molecule has 2 rings (SSSR count). The van der Waals surface area contributed by atoms with Gasteiger partial charge in [-0.1, -0.05) is 12.1 Å². The van der Waals surface area contributed by atoms with Crippen molar-refractivity contribution in [1.82, 2.24) is 9.97 Å². The summed E-state index contributed by atoms with van der Waals surface area (Å²) in [5.74, 6) is -0.296. The number of aliphatic hydroxyl groups is 1. The predicted molar refractivity (Wildman–Crippen MR) is 67.1 cm³/mol. The summed E-state index contributed by atoms with van der Waals surface area (Å²) in [6, 6.07) is 8.64. The highest BCUT2D eigenvalue weighted by Crippen LogP contribution is 2.11. The van der Waals surface area contributed by atoms with E-state index in [0.717, 1.165) is 11.3 Å². The Hall–Kier alpha value is -2.27. The zero-order chi connectivity index (χ0) is 13.0. The summed E-state index contributed by atoms with van der Waals surface area (Å²) in [5, 5.41) is 11.7. The van der Waals surface area contributed by atoms with Crippen molar-refractivity contribution in [3.8, 4) is 0 Å². The van der Waals surface area contributed by atoms with Crippen molar-refractivity contribution in [2.45, 2.75) is 13.5 Å². The van der Waals surface area contributed by atoms with Crippen molar-refractivity contribution in [3.63, 3.8) is 0 Å². The van der Waals surface area contributed by atoms with Crippen molar-refractivity contribution >= 4 is 11.6 Å². The lowest BCUT2D eigenvalue weighted by Gasteiger charge is -2.06. The molecule has 1 aromatic heterocycles. The van der Waals surface area contributed by atoms with Crippen LogP contribution in [0.15, 0.2) is 36.7 Å². The van der Waals surface area contributed by atoms with Gasteiger partial charge in [-0.25, -0.2) is 9.97 Å². The highest BCUT2D eigenvalue weighted by molar-refractivity contribution is 6.02. The first-order valence-electron chi connectivity index (χ1n) is 5.49. The summed E-state index contributed by atoms with van der Waals surface area (Å²) < 4.78 is 0. The predicted octanol–water partition coefficient (Wildman–Crippen LogP) is 1.53. The molecule has 5 nitrogen and oxygen atoms in total. The first-order chi connectivity index (χ1) is 8.69. The quantitative estimate of drug-likeness (QED) is 0.857. The Morgan fingerprint density at radius 2 is 2.17 bits per heavy atom. The van der Waals surface area contributed by atoms with E-state index in [4.69, 9.17) is 5.11 Å². The highest BCUT2D eigenvalue weighted by atomic mass is 16.3. The average molecular weight is 243 g/mol. The minimum atomic E-state index is -0.296. The van der Waals surface area contributed by atoms with E-state index < -0.39 is 0 Å². The van der Waals surface area contributed by atoms with Crippen molar-refractivity contribution in [2.75, 3.05) is 5.32 Å². The van der Waals surface area contributed by atoms with Crippen LogP contribution >= 0.6 is 0 Å². The van der Waals surface area contributed by atoms with E-state index in [1.54, 1.807) is 37.3 Å². The Balaban J connectivity index is 2.16. The van der Waals surface area contributed by atoms with Crippen LogP contribution in [0, 0.1) is 6.92 Å². The molecule has 0 aliphatic rings. The third-order valence-corrected chi connectivity index (χ3v) is 2.40. The van der Waals surface area contributed by atoms with Gasteiger partial charge in [0.2, 0.25) is 0 Å². The number of nitrogens with zero attached hydrogens (tertiary/aromatic N) is 2. The van der Waals surface area contributed by atoms with Crippen LogP contribution in [0.4, 0.5) is 5.69 Å². The largest absolute Gasteiger partial charge is 0.392 e. The minimum Gasteiger partial charge on any atom is -0.392 e. The zero-order valence-electron chi connectivity index (χ0n) is 9.92. The molecular formula is C13H13N3O2. The molecule has 0 atom stereocenters. The number of aliphatic hydroxyl groups excluding tert-OH is 1. The van der Waals surface area contributed by atoms with Crippen LogP contribution in [0.1, 0.15) is 21.7 Å². The number of aryl methyl sites for hydroxylation is 1. The van der Waals surface area contributed by atoms with Crippen LogP contribution in [-0.2, 0) is 6.61 Å². The number of amides is 1. The fraction of sp³-hybridized carbons (Fsp3) is 0.154. The summed E-state index contributed by atoms with van der Waals surface area (Å²) in [7, 11) is 0. The number of hydrogen-bond acceptors (Lipinski definition) is 4. The van der Waals surface area contributed by atoms with Crippen molar-refractivity contribution < 1.29 is 9.90 Å². The number of carbonyl (C=O) groups excluding carboxylic acids is 1. The van der Waals surface area contributed by atoms with Gasteiger partial charge in [-0.15, -0.1) is 0 Å². The lowest BCUT2D eigenvalue weighted by molar-refractivity contribution is 0.102. The summed E-state index contributed by atoms with van der Waals surface area (Å²) in [6.45, 7) is 1.74. The molecule has 92 valence electrons. The van der Waals surface area contributed by atoms with Gasteiger partial charge in [-0.05, 0) is 30.7 Å². The molecule has 0 saturated heterocycles. The maximum Gasteiger partial charge on any atom is 0.274 e. The van der Waals surface area contributed by atoms with E-state index in [9.17, 15) is 4.79 Å². The number of nitrogens with one attached hydrogen (secondary N) is 1. The Bertz CT molecular complexity index is 570. The number of aromatic nitrogens is 2. The topological polar surface area (TPSA) is 75.1 Å². The van der Waals surface area contributed by atoms with E-state index in [1.165, 1.54) is 6.33 Å². The van der Waals surface area contributed by atoms with E-state index >= 15 is 0 Å². The lowest BCUT2D eigenvalue weighted by atomic mass is 10.2. The molecule has 2 aromatic rings. The molecule has 0 aliphatic heterocycles. The summed E-state index contributed by atoms with van der Waals surface area (Å²) in [6.07, 6.45) is 1.36. The zero-order valence-corrected chi connectivity index (χ0v) is 9.92. The number of carbonyl (C=O) groups is 1. The molecule has 0 fully saturated rings. The average Bonchev–Trinajstić information content (AvgIpc) is 2.39. The number of rotatable bonds is 3. The molecule has 1 aromatic carbocycles. The van der Waals surface area contributed by atoms with Crippen LogP contribution < -0.4 is 5.32 Å². The van der Waals surface area contributed by atoms with Gasteiger partial charge in [0.1, 0.15) is 12.0 Å². The molecule has 2 N–H and O–H groups in total. The van der Waals surface area contributed by atoms with Crippen LogP contribution in [-0.4, -0.2) is 21.0 Å². The third-order valence-electron chi connectivity index (χ3n) is 2.40. The Labute approximate surface area is 105 Å². The van der Waals surface area contributed by atoms with Crippen LogP contribution in [0.5, 0.6) is 0 Å². The standard InChI is InChI=1S/C13H13N3O2/c1-9-5-12(15-8-14-9)13(18)16-11-4-2-3-10(6-11)7-17/h2-6,8,17H,7H2,1H3,(H,16,18). The molecule has 5 heteroatoms. The number of anilines is 1. The van der Waals surface area contributed by atoms with E-state index in [-0.39, 0.29) is 12.5 Å². The molecule has 1 heterocycles. The van der Waals surface area contributed by atoms with Gasteiger partial charge in [0, 0.05) is 11.4 Å². The van der Waals surface area contributed by atoms with Crippen LogP contribution in [0.3, 0.4) is 0 Å². The highest BCUT2D eigenvalue weighted by Gasteiger charge is 2.08. The second-order valence-electron chi connectivity index (χ2n) is 3.86. The molecule has 0 unspecified atom stereocenters. The van der Waals surface area contributed by atoms with Gasteiger partial charge in [0.25, 0.3) is 5.91 Å². The molecular weight excluding hydrogens is 230 g/mol. The fourth-order valence-corrected chi connectivity index (χ4v) is 1.52. The molecule has 0 spiro atoms. The first kappa shape index (κ1) is 12.2. The number of benzene rings is 1. The molecule has 0 radical (unpaired) electrons. The maximum atomic E-state index is 11.9. The molecule has 0 aliphatic carbocycles. The summed E-state index contributed by atoms with van der Waals surface area (Å²) in [4.78, 5) is 19.7. The Morgan fingerprint density at radius 3 is 2.89 bits per heavy atom. The normalized spacial score (nSPS) is 10.1. The van der Waals surface area contributed by atoms with E-state index in [1.807, 2.05) is 0 Å². The van der Waals surface area contributed by atoms with Crippen molar-refractivity contribution in [2.24, 2.45) is 0 Å². The van der Waals surface area contributed by atoms with Gasteiger partial charge >= 0.3 is 0 Å². The van der Waals surface area contributed by atoms with Gasteiger partial charge in [0.05, 0.1) is 6.61 Å². The van der Waals surface area contributed by atoms with Crippen LogP contribution in [0.25, 0.3) is 0 Å². The number of hydrogen-bond donors (Lipinski definition) is 2. The van der Waals surface area contributed by atoms with Gasteiger partial charge < -0.3 is 10.4 Å². The van der Waals surface area contributed by atoms with E-state index in [0.29, 0.717) is 11.4 Å². The third kappa shape index (κ3) is 2.89. The molecule has 18 heavy (non-hydrogen) atoms. The smallest absolute Gasteiger partial charge is 0.274 e. The summed E-state index contributed by atoms with van der Waals surface area (Å²) >= 11 is 0. The Kier molecular flexibility index (Phi) is 3.64. The second kappa shape index (κ2) is 5.37. The SMILES string of the molecule is Cc1cc(C(=O)Nc2cccc(CO)c2)ncn1. The first-order valence-corrected chi connectivity index (χ1v) is 5.49. The van der Waals surface area contributed by atoms with E-state index in [2.05, 4.69) is 15.3 Å². The Morgan fingerprint density at radius 1 is 1.33 bits per heavy atom. The van der Waals surface area contributed by atoms with Crippen LogP contribution in [0.2, 0.25) is 0 Å². The molecule has 0 bridgehead atoms. The monoisotopic (exact) mass is 243 g/mol. The van der Waals surface area contributed by atoms with Crippen molar-refractivity contribution in [1.29, 1.82) is 0 Å². The summed E-state index contributed by atoms with van der Waals surface area (Å²) in [5.41, 5.74) is 2.42. The van der Waals surface area contributed by atoms with Gasteiger partial charge in [-0.3, -0.25) is 4.79 Å². The maximum absolute atomic E-state index is 11.9. The fourth-order valence-electron chi connectivity index (χ4n) is 1.52.